The number of nitrogens with one attached hydrogen (secondary N) is 3. The van der Waals surface area contributed by atoms with Crippen LogP contribution in [0.1, 0.15) is 95.2 Å². The van der Waals surface area contributed by atoms with Crippen molar-refractivity contribution in [2.24, 2.45) is 17.8 Å². The minimum Gasteiger partial charge on any atom is -0.496 e. The number of hydrogen-bond donors (Lipinski definition) is 3. The lowest BCUT2D eigenvalue weighted by atomic mass is 10.0. The molecule has 2 unspecified atom stereocenters. The molecule has 2 saturated heterocycles. The molecule has 5 aliphatic rings. The third kappa shape index (κ3) is 7.94. The number of carbonyl (C=O) groups is 3. The first kappa shape index (κ1) is 40.6. The van der Waals surface area contributed by atoms with Gasteiger partial charge in [0, 0.05) is 34.5 Å². The fraction of sp³-hybridized carbons (Fsp3) is 0.533. The second-order valence-electron chi connectivity index (χ2n) is 17.8. The molecule has 3 aliphatic carbocycles. The summed E-state index contributed by atoms with van der Waals surface area (Å²) in [5.41, 5.74) is 2.60. The van der Waals surface area contributed by atoms with E-state index in [1.165, 1.54) is 11.3 Å². The average Bonchev–Trinajstić information content (AvgIpc) is 4.19. The predicted molar refractivity (Wildman–Crippen MR) is 230 cm³/mol. The van der Waals surface area contributed by atoms with Gasteiger partial charge in [-0.05, 0) is 87.0 Å². The lowest BCUT2D eigenvalue weighted by molar-refractivity contribution is -0.140. The number of anilines is 1. The Balaban J connectivity index is 1.07. The van der Waals surface area contributed by atoms with Crippen LogP contribution in [0, 0.1) is 24.7 Å². The first-order valence-corrected chi connectivity index (χ1v) is 23.9. The highest BCUT2D eigenvalue weighted by Gasteiger charge is 2.69. The maximum Gasteiger partial charge on any atom is 0.259 e. The van der Waals surface area contributed by atoms with E-state index in [1.54, 1.807) is 12.0 Å². The highest BCUT2D eigenvalue weighted by molar-refractivity contribution is 7.91. The highest BCUT2D eigenvalue weighted by Crippen LogP contribution is 2.61. The monoisotopic (exact) mass is 854 g/mol. The molecule has 7 atom stereocenters. The third-order valence-electron chi connectivity index (χ3n) is 13.3. The maximum absolute atomic E-state index is 14.9. The summed E-state index contributed by atoms with van der Waals surface area (Å²) in [6, 6.07) is 13.7. The number of aromatic nitrogens is 2. The number of hydrogen-bond acceptors (Lipinski definition) is 11. The fourth-order valence-electron chi connectivity index (χ4n) is 9.50. The smallest absolute Gasteiger partial charge is 0.259 e. The lowest BCUT2D eigenvalue weighted by Gasteiger charge is -2.30. The number of amides is 3. The van der Waals surface area contributed by atoms with Crippen LogP contribution in [-0.4, -0.2) is 83.6 Å². The van der Waals surface area contributed by atoms with Crippen molar-refractivity contribution in [1.82, 2.24) is 24.9 Å². The number of ether oxygens (including phenoxy) is 2. The van der Waals surface area contributed by atoms with Gasteiger partial charge in [-0.15, -0.1) is 11.3 Å². The molecule has 2 aromatic heterocycles. The van der Waals surface area contributed by atoms with Crippen molar-refractivity contribution in [3.63, 3.8) is 0 Å². The van der Waals surface area contributed by atoms with Gasteiger partial charge >= 0.3 is 0 Å². The first-order chi connectivity index (χ1) is 28.8. The number of nitrogens with zero attached hydrogens (tertiary/aromatic N) is 3. The molecule has 318 valence electrons. The summed E-state index contributed by atoms with van der Waals surface area (Å²) in [6.07, 6.45) is 6.27. The molecule has 9 rings (SSSR count). The first-order valence-electron chi connectivity index (χ1n) is 21.5. The Morgan fingerprint density at radius 1 is 1.00 bits per heavy atom. The van der Waals surface area contributed by atoms with Crippen LogP contribution >= 0.6 is 11.3 Å². The molecule has 60 heavy (non-hydrogen) atoms. The highest BCUT2D eigenvalue weighted by atomic mass is 32.2. The number of fused-ring (bicyclic) bond motifs is 5. The topological polar surface area (TPSA) is 169 Å². The molecular formula is C45H54N6O7S2. The number of benzene rings is 2. The second-order valence-corrected chi connectivity index (χ2v) is 20.6. The van der Waals surface area contributed by atoms with Crippen LogP contribution in [0.15, 0.2) is 53.9 Å². The van der Waals surface area contributed by atoms with E-state index in [0.29, 0.717) is 54.3 Å². The summed E-state index contributed by atoms with van der Waals surface area (Å²) in [6.45, 7) is 6.27. The van der Waals surface area contributed by atoms with Crippen molar-refractivity contribution < 1.29 is 32.3 Å². The Morgan fingerprint density at radius 2 is 1.78 bits per heavy atom. The molecule has 2 aromatic carbocycles. The maximum atomic E-state index is 14.9. The van der Waals surface area contributed by atoms with Crippen molar-refractivity contribution in [2.75, 3.05) is 19.0 Å². The van der Waals surface area contributed by atoms with Crippen LogP contribution in [0.5, 0.6) is 11.5 Å². The van der Waals surface area contributed by atoms with E-state index in [0.717, 1.165) is 59.4 Å². The summed E-state index contributed by atoms with van der Waals surface area (Å²) in [5.74, 6) is 0.596. The number of rotatable bonds is 10. The van der Waals surface area contributed by atoms with E-state index in [4.69, 9.17) is 19.4 Å². The van der Waals surface area contributed by atoms with Gasteiger partial charge < -0.3 is 25.0 Å². The largest absolute Gasteiger partial charge is 0.496 e. The van der Waals surface area contributed by atoms with Gasteiger partial charge in [-0.2, -0.15) is 0 Å². The van der Waals surface area contributed by atoms with Crippen LogP contribution in [0.3, 0.4) is 0 Å². The Bertz CT molecular complexity index is 2420. The van der Waals surface area contributed by atoms with Crippen LogP contribution in [0.25, 0.3) is 21.6 Å². The molecular weight excluding hydrogens is 801 g/mol. The molecule has 0 spiro atoms. The summed E-state index contributed by atoms with van der Waals surface area (Å²) >= 11 is 1.51. The molecule has 3 N–H and O–H groups in total. The third-order valence-corrected chi connectivity index (χ3v) is 16.0. The molecule has 13 nitrogen and oxygen atoms in total. The van der Waals surface area contributed by atoms with Gasteiger partial charge in [0.05, 0.1) is 30.1 Å². The molecule has 3 saturated carbocycles. The van der Waals surface area contributed by atoms with Crippen molar-refractivity contribution in [1.29, 1.82) is 0 Å². The molecule has 0 bridgehead atoms. The predicted octanol–water partition coefficient (Wildman–Crippen LogP) is 6.71. The zero-order valence-electron chi connectivity index (χ0n) is 34.6. The lowest BCUT2D eigenvalue weighted by Crippen LogP contribution is -2.57. The Kier molecular flexibility index (Phi) is 10.8. The van der Waals surface area contributed by atoms with Crippen LogP contribution in [0.4, 0.5) is 5.69 Å². The van der Waals surface area contributed by atoms with Gasteiger partial charge in [0.1, 0.15) is 45.9 Å². The Morgan fingerprint density at radius 3 is 2.52 bits per heavy atom. The summed E-state index contributed by atoms with van der Waals surface area (Å²) in [7, 11) is -2.23. The number of pyridine rings is 1. The zero-order chi connectivity index (χ0) is 41.9. The average molecular weight is 855 g/mol. The van der Waals surface area contributed by atoms with Gasteiger partial charge in [-0.3, -0.25) is 19.1 Å². The normalized spacial score (nSPS) is 28.1. The zero-order valence-corrected chi connectivity index (χ0v) is 36.2. The molecule has 2 aliphatic heterocycles. The molecule has 15 heteroatoms. The Hall–Kier alpha value is -4.76. The van der Waals surface area contributed by atoms with Gasteiger partial charge in [0.2, 0.25) is 21.8 Å². The summed E-state index contributed by atoms with van der Waals surface area (Å²) in [4.78, 5) is 55.3. The number of sulfonamides is 1. The van der Waals surface area contributed by atoms with Gasteiger partial charge in [0.15, 0.2) is 0 Å². The number of methoxy groups -OCH3 is 1. The fourth-order valence-corrected chi connectivity index (χ4v) is 11.8. The minimum absolute atomic E-state index is 0.121. The van der Waals surface area contributed by atoms with E-state index >= 15 is 0 Å². The summed E-state index contributed by atoms with van der Waals surface area (Å²) < 4.78 is 41.1. The van der Waals surface area contributed by atoms with Crippen LogP contribution < -0.4 is 24.8 Å². The molecule has 3 amide bonds. The van der Waals surface area contributed by atoms with E-state index in [2.05, 4.69) is 29.2 Å². The quantitative estimate of drug-likeness (QED) is 0.156. The van der Waals surface area contributed by atoms with Gasteiger partial charge in [0.25, 0.3) is 5.91 Å². The van der Waals surface area contributed by atoms with Crippen molar-refractivity contribution >= 4 is 55.7 Å². The number of thiazole rings is 1. The Labute approximate surface area is 355 Å². The number of para-hydroxylation sites is 1. The van der Waals surface area contributed by atoms with E-state index in [-0.39, 0.29) is 36.6 Å². The van der Waals surface area contributed by atoms with E-state index in [1.807, 2.05) is 60.8 Å². The molecule has 5 fully saturated rings. The molecule has 4 heterocycles. The minimum atomic E-state index is -3.85. The van der Waals surface area contributed by atoms with Crippen LogP contribution in [-0.2, 0) is 24.4 Å². The van der Waals surface area contributed by atoms with Crippen molar-refractivity contribution in [3.8, 4) is 22.2 Å². The van der Waals surface area contributed by atoms with Crippen LogP contribution in [0.2, 0.25) is 0 Å². The van der Waals surface area contributed by atoms with E-state index in [9.17, 15) is 22.8 Å². The van der Waals surface area contributed by atoms with E-state index < -0.39 is 50.8 Å². The van der Waals surface area contributed by atoms with Gasteiger partial charge in [-0.1, -0.05) is 57.7 Å². The van der Waals surface area contributed by atoms with Gasteiger partial charge in [-0.25, -0.2) is 18.4 Å². The number of aryl methyl sites for hydroxylation is 1. The number of carbonyl (C=O) groups excluding carboxylic acids is 3. The van der Waals surface area contributed by atoms with Crippen molar-refractivity contribution in [3.05, 3.63) is 65.2 Å². The standard InChI is InChI=1S/C45H54N6O7S2/c1-25(2)36-24-59-42(48-36)35-21-39(31-17-18-38(57-4)26(3)40(31)47-35)58-29-20-37-41(52)49-45(44(54)50-60(55,56)30-15-16-30)22-33(45)32-19-27(32)11-7-5-10-14-34(43(53)51(37)23-29)46-28-12-8-6-9-13-28/h6,8-9,12-13,17-18,21,24-25,27,29-30,32-34,37,46H,5,7,10-11,14-16,19-20,22-23H2,1-4H3,(H,49,52)(H,50,54)/t27?,29-,32?,33+,34+,37+,45-/m1/s1. The molecule has 4 aromatic rings. The second kappa shape index (κ2) is 15.9. The summed E-state index contributed by atoms with van der Waals surface area (Å²) in [5, 5.41) is 9.53. The SMILES string of the molecule is COc1ccc2c(O[C@@H]3C[C@H]4C(=O)N[C@]5(C(=O)NS(=O)(=O)C6CC6)C[C@H]5C5CC5CCCCC[C@H](Nc5ccccc5)C(=O)N4C3)cc(-c3nc(C(C)C)cs3)nc2c1C. The van der Waals surface area contributed by atoms with Crippen molar-refractivity contribution in [2.45, 2.75) is 120 Å². The molecule has 0 radical (unpaired) electrons.